The van der Waals surface area contributed by atoms with E-state index in [0.717, 1.165) is 23.1 Å². The lowest BCUT2D eigenvalue weighted by Crippen LogP contribution is -2.29. The number of nitrogens with zero attached hydrogens (tertiary/aromatic N) is 4. The number of rotatable bonds is 6. The van der Waals surface area contributed by atoms with Crippen molar-refractivity contribution in [2.75, 3.05) is 6.61 Å². The van der Waals surface area contributed by atoms with E-state index < -0.39 is 18.8 Å². The Labute approximate surface area is 170 Å². The summed E-state index contributed by atoms with van der Waals surface area (Å²) in [5.74, 6) is 0.427. The summed E-state index contributed by atoms with van der Waals surface area (Å²) in [7, 11) is 1.94. The molecule has 10 heteroatoms. The third-order valence-corrected chi connectivity index (χ3v) is 5.11. The third-order valence-electron chi connectivity index (χ3n) is 5.11. The standard InChI is InChI=1S/C20H20F3N5O2/c1-11(15-8-25-17(9-24-15)30-10-20(21,22)23)26-19(29)13-7-12(13)18-27-14-5-3-4-6-16(14)28(18)2/h3-6,8-9,11-13H,7,10H2,1-2H3,(H,26,29)/t11-,12-,13-/m1/s1. The van der Waals surface area contributed by atoms with Crippen LogP contribution in [0.1, 0.15) is 36.8 Å². The van der Waals surface area contributed by atoms with Crippen molar-refractivity contribution in [2.45, 2.75) is 31.5 Å². The molecule has 7 nitrogen and oxygen atoms in total. The second-order valence-electron chi connectivity index (χ2n) is 7.38. The summed E-state index contributed by atoms with van der Waals surface area (Å²) in [6.45, 7) is 0.309. The summed E-state index contributed by atoms with van der Waals surface area (Å²) in [6.07, 6.45) is -1.32. The quantitative estimate of drug-likeness (QED) is 0.663. The molecule has 1 aromatic carbocycles. The zero-order chi connectivity index (χ0) is 21.5. The van der Waals surface area contributed by atoms with E-state index in [1.165, 1.54) is 6.20 Å². The fraction of sp³-hybridized carbons (Fsp3) is 0.400. The fourth-order valence-corrected chi connectivity index (χ4v) is 3.44. The van der Waals surface area contributed by atoms with Crippen LogP contribution in [0.2, 0.25) is 0 Å². The summed E-state index contributed by atoms with van der Waals surface area (Å²) in [5, 5.41) is 2.89. The first-order valence-corrected chi connectivity index (χ1v) is 9.46. The van der Waals surface area contributed by atoms with Gasteiger partial charge in [0.05, 0.1) is 35.2 Å². The van der Waals surface area contributed by atoms with Crippen molar-refractivity contribution in [3.05, 3.63) is 48.2 Å². The number of imidazole rings is 1. The molecule has 0 bridgehead atoms. The van der Waals surface area contributed by atoms with Crippen molar-refractivity contribution < 1.29 is 22.7 Å². The minimum absolute atomic E-state index is 0.0545. The molecule has 2 aromatic heterocycles. The van der Waals surface area contributed by atoms with Gasteiger partial charge in [0.25, 0.3) is 0 Å². The van der Waals surface area contributed by atoms with E-state index in [1.807, 2.05) is 35.9 Å². The SMILES string of the molecule is C[C@@H](NC(=O)[C@@H]1C[C@H]1c1nc2ccccc2n1C)c1cnc(OCC(F)(F)F)cn1. The van der Waals surface area contributed by atoms with Gasteiger partial charge in [-0.1, -0.05) is 12.1 Å². The van der Waals surface area contributed by atoms with Gasteiger partial charge in [-0.25, -0.2) is 9.97 Å². The summed E-state index contributed by atoms with van der Waals surface area (Å²) in [6, 6.07) is 7.37. The first-order valence-electron chi connectivity index (χ1n) is 9.46. The first-order chi connectivity index (χ1) is 14.2. The summed E-state index contributed by atoms with van der Waals surface area (Å²) in [5.41, 5.74) is 2.36. The minimum Gasteiger partial charge on any atom is -0.467 e. The van der Waals surface area contributed by atoms with Crippen molar-refractivity contribution in [2.24, 2.45) is 13.0 Å². The highest BCUT2D eigenvalue weighted by Crippen LogP contribution is 2.47. The van der Waals surface area contributed by atoms with Gasteiger partial charge < -0.3 is 14.6 Å². The van der Waals surface area contributed by atoms with Gasteiger partial charge in [0.2, 0.25) is 11.8 Å². The number of amides is 1. The Morgan fingerprint density at radius 3 is 2.73 bits per heavy atom. The molecule has 158 valence electrons. The van der Waals surface area contributed by atoms with Gasteiger partial charge in [-0.3, -0.25) is 9.78 Å². The third kappa shape index (κ3) is 4.22. The van der Waals surface area contributed by atoms with Gasteiger partial charge in [0.15, 0.2) is 6.61 Å². The lowest BCUT2D eigenvalue weighted by molar-refractivity contribution is -0.154. The number of carbonyl (C=O) groups excluding carboxylic acids is 1. The Morgan fingerprint density at radius 2 is 2.07 bits per heavy atom. The Balaban J connectivity index is 1.35. The number of fused-ring (bicyclic) bond motifs is 1. The predicted octanol–water partition coefficient (Wildman–Crippen LogP) is 3.29. The van der Waals surface area contributed by atoms with Crippen molar-refractivity contribution in [3.8, 4) is 5.88 Å². The van der Waals surface area contributed by atoms with Crippen molar-refractivity contribution in [3.63, 3.8) is 0 Å². The average molecular weight is 419 g/mol. The number of aromatic nitrogens is 4. The molecule has 1 N–H and O–H groups in total. The van der Waals surface area contributed by atoms with E-state index in [1.54, 1.807) is 6.92 Å². The molecule has 1 fully saturated rings. The van der Waals surface area contributed by atoms with Crippen LogP contribution in [0.3, 0.4) is 0 Å². The molecule has 0 spiro atoms. The molecule has 1 saturated carbocycles. The van der Waals surface area contributed by atoms with Gasteiger partial charge >= 0.3 is 6.18 Å². The van der Waals surface area contributed by atoms with Crippen LogP contribution in [0.4, 0.5) is 13.2 Å². The van der Waals surface area contributed by atoms with Crippen LogP contribution < -0.4 is 10.1 Å². The summed E-state index contributed by atoms with van der Waals surface area (Å²) in [4.78, 5) is 25.2. The van der Waals surface area contributed by atoms with E-state index in [0.29, 0.717) is 12.1 Å². The number of benzene rings is 1. The van der Waals surface area contributed by atoms with Crippen LogP contribution in [0, 0.1) is 5.92 Å². The molecule has 0 aliphatic heterocycles. The van der Waals surface area contributed by atoms with E-state index in [4.69, 9.17) is 0 Å². The van der Waals surface area contributed by atoms with Gasteiger partial charge in [-0.15, -0.1) is 0 Å². The molecule has 30 heavy (non-hydrogen) atoms. The summed E-state index contributed by atoms with van der Waals surface area (Å²) < 4.78 is 43.1. The monoisotopic (exact) mass is 419 g/mol. The zero-order valence-electron chi connectivity index (χ0n) is 16.3. The highest BCUT2D eigenvalue weighted by molar-refractivity contribution is 5.83. The number of ether oxygens (including phenoxy) is 1. The van der Waals surface area contributed by atoms with Gasteiger partial charge in [0.1, 0.15) is 5.82 Å². The lowest BCUT2D eigenvalue weighted by atomic mass is 10.2. The minimum atomic E-state index is -4.44. The molecular weight excluding hydrogens is 399 g/mol. The van der Waals surface area contributed by atoms with Crippen LogP contribution >= 0.6 is 0 Å². The van der Waals surface area contributed by atoms with Crippen LogP contribution in [-0.4, -0.2) is 38.2 Å². The molecule has 0 saturated heterocycles. The first kappa shape index (κ1) is 20.1. The number of hydrogen-bond donors (Lipinski definition) is 1. The van der Waals surface area contributed by atoms with Crippen LogP contribution in [0.15, 0.2) is 36.7 Å². The Bertz CT molecular complexity index is 1060. The average Bonchev–Trinajstić information content (AvgIpc) is 3.44. The normalized spacial score (nSPS) is 19.5. The molecular formula is C20H20F3N5O2. The molecule has 0 unspecified atom stereocenters. The van der Waals surface area contributed by atoms with E-state index in [2.05, 4.69) is 25.0 Å². The van der Waals surface area contributed by atoms with Crippen molar-refractivity contribution in [1.29, 1.82) is 0 Å². The number of carbonyl (C=O) groups is 1. The number of aryl methyl sites for hydroxylation is 1. The van der Waals surface area contributed by atoms with Crippen molar-refractivity contribution in [1.82, 2.24) is 24.8 Å². The number of hydrogen-bond acceptors (Lipinski definition) is 5. The highest BCUT2D eigenvalue weighted by atomic mass is 19.4. The molecule has 3 atom stereocenters. The Morgan fingerprint density at radius 1 is 1.30 bits per heavy atom. The molecule has 1 aliphatic carbocycles. The maximum Gasteiger partial charge on any atom is 0.422 e. The van der Waals surface area contributed by atoms with Crippen molar-refractivity contribution >= 4 is 16.9 Å². The van der Waals surface area contributed by atoms with Gasteiger partial charge in [-0.2, -0.15) is 13.2 Å². The predicted molar refractivity (Wildman–Crippen MR) is 102 cm³/mol. The molecule has 1 aliphatic rings. The maximum absolute atomic E-state index is 12.6. The molecule has 2 heterocycles. The zero-order valence-corrected chi connectivity index (χ0v) is 16.3. The summed E-state index contributed by atoms with van der Waals surface area (Å²) >= 11 is 0. The second kappa shape index (κ2) is 7.58. The Kier molecular flexibility index (Phi) is 5.08. The Hall–Kier alpha value is -3.17. The number of halogens is 3. The topological polar surface area (TPSA) is 81.9 Å². The van der Waals surface area contributed by atoms with E-state index >= 15 is 0 Å². The molecule has 3 aromatic rings. The number of nitrogens with one attached hydrogen (secondary N) is 1. The largest absolute Gasteiger partial charge is 0.467 e. The maximum atomic E-state index is 12.6. The molecule has 4 rings (SSSR count). The van der Waals surface area contributed by atoms with Crippen LogP contribution in [0.5, 0.6) is 5.88 Å². The van der Waals surface area contributed by atoms with Gasteiger partial charge in [0, 0.05) is 18.9 Å². The van der Waals surface area contributed by atoms with E-state index in [9.17, 15) is 18.0 Å². The van der Waals surface area contributed by atoms with Crippen LogP contribution in [0.25, 0.3) is 11.0 Å². The second-order valence-corrected chi connectivity index (χ2v) is 7.38. The molecule has 1 amide bonds. The molecule has 0 radical (unpaired) electrons. The fourth-order valence-electron chi connectivity index (χ4n) is 3.44. The van der Waals surface area contributed by atoms with Gasteiger partial charge in [-0.05, 0) is 25.5 Å². The lowest BCUT2D eigenvalue weighted by Gasteiger charge is -2.14. The smallest absolute Gasteiger partial charge is 0.422 e. The number of alkyl halides is 3. The highest BCUT2D eigenvalue weighted by Gasteiger charge is 2.47. The van der Waals surface area contributed by atoms with E-state index in [-0.39, 0.29) is 23.6 Å². The van der Waals surface area contributed by atoms with Crippen LogP contribution in [-0.2, 0) is 11.8 Å². The number of para-hydroxylation sites is 2.